The zero-order valence-electron chi connectivity index (χ0n) is 14.8. The number of pyridine rings is 2. The molecule has 0 saturated heterocycles. The molecule has 0 atom stereocenters. The number of benzene rings is 1. The minimum atomic E-state index is -0.0107. The zero-order valence-corrected chi connectivity index (χ0v) is 15.7. The third kappa shape index (κ3) is 3.71. The van der Waals surface area contributed by atoms with Gasteiger partial charge in [0.2, 0.25) is 5.91 Å². The lowest BCUT2D eigenvalue weighted by atomic mass is 10.0. The van der Waals surface area contributed by atoms with E-state index >= 15 is 0 Å². The molecule has 0 aliphatic heterocycles. The molecule has 0 aliphatic carbocycles. The van der Waals surface area contributed by atoms with Crippen molar-refractivity contribution in [3.05, 3.63) is 61.1 Å². The van der Waals surface area contributed by atoms with Crippen molar-refractivity contribution in [3.8, 4) is 22.4 Å². The molecule has 0 bridgehead atoms. The van der Waals surface area contributed by atoms with E-state index in [0.29, 0.717) is 11.6 Å². The van der Waals surface area contributed by atoms with Crippen molar-refractivity contribution in [1.29, 1.82) is 0 Å². The fourth-order valence-corrected chi connectivity index (χ4v) is 3.89. The molecule has 0 fully saturated rings. The maximum absolute atomic E-state index is 12.0. The quantitative estimate of drug-likeness (QED) is 0.524. The molecule has 0 aliphatic rings. The van der Waals surface area contributed by atoms with Crippen molar-refractivity contribution < 1.29 is 4.79 Å². The first-order valence-corrected chi connectivity index (χ1v) is 9.62. The second-order valence-electron chi connectivity index (χ2n) is 6.15. The molecule has 3 heterocycles. The van der Waals surface area contributed by atoms with Crippen molar-refractivity contribution in [2.24, 2.45) is 0 Å². The van der Waals surface area contributed by atoms with Crippen LogP contribution in [0.1, 0.15) is 19.8 Å². The van der Waals surface area contributed by atoms with Gasteiger partial charge in [0.05, 0.1) is 15.9 Å². The maximum atomic E-state index is 12.0. The smallest absolute Gasteiger partial charge is 0.226 e. The van der Waals surface area contributed by atoms with Gasteiger partial charge in [-0.25, -0.2) is 4.98 Å². The standard InChI is InChI=1S/C21H18N4OS/c1-2-6-19(26)25-21-24-18-12-15(14-7-5-9-22-13-14)11-16(20(18)27-21)17-8-3-4-10-23-17/h3-5,7-13H,2,6H2,1H3,(H,24,25,26). The Kier molecular flexibility index (Phi) is 4.89. The van der Waals surface area contributed by atoms with E-state index in [-0.39, 0.29) is 5.91 Å². The number of hydrogen-bond donors (Lipinski definition) is 1. The summed E-state index contributed by atoms with van der Waals surface area (Å²) in [7, 11) is 0. The van der Waals surface area contributed by atoms with Gasteiger partial charge in [0.15, 0.2) is 5.13 Å². The number of carbonyl (C=O) groups excluding carboxylic acids is 1. The first kappa shape index (κ1) is 17.3. The second kappa shape index (κ2) is 7.63. The van der Waals surface area contributed by atoms with E-state index in [9.17, 15) is 4.79 Å². The largest absolute Gasteiger partial charge is 0.302 e. The monoisotopic (exact) mass is 374 g/mol. The zero-order chi connectivity index (χ0) is 18.6. The van der Waals surface area contributed by atoms with Crippen LogP contribution in [-0.2, 0) is 4.79 Å². The van der Waals surface area contributed by atoms with E-state index in [0.717, 1.165) is 39.0 Å². The first-order valence-electron chi connectivity index (χ1n) is 8.81. The molecule has 0 saturated carbocycles. The fraction of sp³-hybridized carbons (Fsp3) is 0.143. The molecular formula is C21H18N4OS. The van der Waals surface area contributed by atoms with E-state index in [1.165, 1.54) is 11.3 Å². The van der Waals surface area contributed by atoms with Crippen LogP contribution in [-0.4, -0.2) is 20.9 Å². The lowest BCUT2D eigenvalue weighted by Crippen LogP contribution is -2.09. The van der Waals surface area contributed by atoms with Crippen LogP contribution in [0.5, 0.6) is 0 Å². The molecule has 134 valence electrons. The molecule has 1 amide bonds. The Morgan fingerprint density at radius 3 is 2.78 bits per heavy atom. The Hall–Kier alpha value is -3.12. The number of hydrogen-bond acceptors (Lipinski definition) is 5. The third-order valence-corrected chi connectivity index (χ3v) is 5.17. The number of amides is 1. The number of nitrogens with zero attached hydrogens (tertiary/aromatic N) is 3. The number of rotatable bonds is 5. The number of fused-ring (bicyclic) bond motifs is 1. The van der Waals surface area contributed by atoms with E-state index in [4.69, 9.17) is 0 Å². The van der Waals surface area contributed by atoms with Gasteiger partial charge < -0.3 is 5.32 Å². The number of aromatic nitrogens is 3. The highest BCUT2D eigenvalue weighted by Crippen LogP contribution is 2.38. The Morgan fingerprint density at radius 2 is 2.04 bits per heavy atom. The number of anilines is 1. The number of thiazole rings is 1. The van der Waals surface area contributed by atoms with Crippen LogP contribution in [0.25, 0.3) is 32.6 Å². The Morgan fingerprint density at radius 1 is 1.11 bits per heavy atom. The van der Waals surface area contributed by atoms with Crippen LogP contribution in [0.2, 0.25) is 0 Å². The molecule has 0 unspecified atom stereocenters. The van der Waals surface area contributed by atoms with Gasteiger partial charge in [0, 0.05) is 36.1 Å². The summed E-state index contributed by atoms with van der Waals surface area (Å²) in [4.78, 5) is 25.3. The highest BCUT2D eigenvalue weighted by molar-refractivity contribution is 7.22. The minimum Gasteiger partial charge on any atom is -0.302 e. The van der Waals surface area contributed by atoms with Gasteiger partial charge in [0.25, 0.3) is 0 Å². The van der Waals surface area contributed by atoms with Crippen molar-refractivity contribution in [2.75, 3.05) is 5.32 Å². The summed E-state index contributed by atoms with van der Waals surface area (Å²) in [6.45, 7) is 1.98. The summed E-state index contributed by atoms with van der Waals surface area (Å²) < 4.78 is 1.01. The third-order valence-electron chi connectivity index (χ3n) is 4.15. The highest BCUT2D eigenvalue weighted by atomic mass is 32.1. The van der Waals surface area contributed by atoms with Crippen molar-refractivity contribution in [3.63, 3.8) is 0 Å². The molecule has 0 spiro atoms. The fourth-order valence-electron chi connectivity index (χ4n) is 2.91. The van der Waals surface area contributed by atoms with E-state index < -0.39 is 0 Å². The molecule has 1 N–H and O–H groups in total. The Labute approximate surface area is 161 Å². The molecule has 6 heteroatoms. The predicted molar refractivity (Wildman–Crippen MR) is 110 cm³/mol. The van der Waals surface area contributed by atoms with Crippen molar-refractivity contribution in [1.82, 2.24) is 15.0 Å². The molecule has 1 aromatic carbocycles. The average molecular weight is 374 g/mol. The lowest BCUT2D eigenvalue weighted by Gasteiger charge is -2.06. The molecule has 4 aromatic rings. The lowest BCUT2D eigenvalue weighted by molar-refractivity contribution is -0.116. The Balaban J connectivity index is 1.86. The second-order valence-corrected chi connectivity index (χ2v) is 7.15. The van der Waals surface area contributed by atoms with Crippen LogP contribution >= 0.6 is 11.3 Å². The number of nitrogens with one attached hydrogen (secondary N) is 1. The first-order chi connectivity index (χ1) is 13.2. The summed E-state index contributed by atoms with van der Waals surface area (Å²) in [6.07, 6.45) is 6.67. The van der Waals surface area contributed by atoms with E-state index in [1.807, 2.05) is 49.5 Å². The molecule has 27 heavy (non-hydrogen) atoms. The minimum absolute atomic E-state index is 0.0107. The molecule has 3 aromatic heterocycles. The predicted octanol–water partition coefficient (Wildman–Crippen LogP) is 5.16. The van der Waals surface area contributed by atoms with E-state index in [2.05, 4.69) is 26.3 Å². The molecule has 0 radical (unpaired) electrons. The normalized spacial score (nSPS) is 10.9. The van der Waals surface area contributed by atoms with Gasteiger partial charge in [-0.05, 0) is 42.3 Å². The van der Waals surface area contributed by atoms with Crippen LogP contribution in [0.3, 0.4) is 0 Å². The van der Waals surface area contributed by atoms with Crippen LogP contribution in [0.4, 0.5) is 5.13 Å². The molecule has 5 nitrogen and oxygen atoms in total. The summed E-state index contributed by atoms with van der Waals surface area (Å²) in [5.74, 6) is -0.0107. The van der Waals surface area contributed by atoms with Gasteiger partial charge >= 0.3 is 0 Å². The van der Waals surface area contributed by atoms with Gasteiger partial charge in [-0.2, -0.15) is 0 Å². The van der Waals surface area contributed by atoms with Crippen molar-refractivity contribution >= 4 is 32.6 Å². The summed E-state index contributed by atoms with van der Waals surface area (Å²) >= 11 is 1.48. The average Bonchev–Trinajstić information content (AvgIpc) is 3.11. The van der Waals surface area contributed by atoms with Gasteiger partial charge in [-0.1, -0.05) is 30.4 Å². The Bertz CT molecular complexity index is 1080. The van der Waals surface area contributed by atoms with Gasteiger partial charge in [0.1, 0.15) is 0 Å². The summed E-state index contributed by atoms with van der Waals surface area (Å²) in [5, 5.41) is 3.52. The van der Waals surface area contributed by atoms with Gasteiger partial charge in [-0.3, -0.25) is 14.8 Å². The topological polar surface area (TPSA) is 67.8 Å². The molecular weight excluding hydrogens is 356 g/mol. The van der Waals surface area contributed by atoms with E-state index in [1.54, 1.807) is 12.4 Å². The maximum Gasteiger partial charge on any atom is 0.226 e. The highest BCUT2D eigenvalue weighted by Gasteiger charge is 2.15. The van der Waals surface area contributed by atoms with Crippen LogP contribution in [0.15, 0.2) is 61.1 Å². The van der Waals surface area contributed by atoms with Crippen molar-refractivity contribution in [2.45, 2.75) is 19.8 Å². The SMILES string of the molecule is CCCC(=O)Nc1nc2cc(-c3cccnc3)cc(-c3ccccn3)c2s1. The number of carbonyl (C=O) groups is 1. The summed E-state index contributed by atoms with van der Waals surface area (Å²) in [6, 6.07) is 13.9. The van der Waals surface area contributed by atoms with Crippen LogP contribution in [0, 0.1) is 0 Å². The van der Waals surface area contributed by atoms with Crippen LogP contribution < -0.4 is 5.32 Å². The molecule has 4 rings (SSSR count). The summed E-state index contributed by atoms with van der Waals surface area (Å²) in [5.41, 5.74) is 4.76. The van der Waals surface area contributed by atoms with Gasteiger partial charge in [-0.15, -0.1) is 0 Å².